The van der Waals surface area contributed by atoms with Gasteiger partial charge in [0.1, 0.15) is 11.5 Å². The van der Waals surface area contributed by atoms with E-state index in [1.165, 1.54) is 5.69 Å². The number of methoxy groups -OCH3 is 1. The van der Waals surface area contributed by atoms with Crippen LogP contribution >= 0.6 is 0 Å². The zero-order valence-corrected chi connectivity index (χ0v) is 16.6. The first-order valence-electron chi connectivity index (χ1n) is 9.66. The van der Waals surface area contributed by atoms with Gasteiger partial charge in [-0.2, -0.15) is 0 Å². The van der Waals surface area contributed by atoms with Crippen LogP contribution < -0.4 is 19.7 Å². The van der Waals surface area contributed by atoms with Crippen molar-refractivity contribution in [2.75, 3.05) is 50.2 Å². The van der Waals surface area contributed by atoms with Crippen LogP contribution in [-0.4, -0.2) is 45.9 Å². The highest BCUT2D eigenvalue weighted by molar-refractivity contribution is 5.91. The normalized spacial score (nSPS) is 13.9. The highest BCUT2D eigenvalue weighted by Gasteiger charge is 2.13. The third-order valence-electron chi connectivity index (χ3n) is 4.74. The van der Waals surface area contributed by atoms with E-state index in [2.05, 4.69) is 22.3 Å². The van der Waals surface area contributed by atoms with Gasteiger partial charge in [-0.05, 0) is 61.4 Å². The summed E-state index contributed by atoms with van der Waals surface area (Å²) in [5.41, 5.74) is 3.09. The van der Waals surface area contributed by atoms with Gasteiger partial charge in [0.15, 0.2) is 0 Å². The lowest BCUT2D eigenvalue weighted by Crippen LogP contribution is -2.36. The van der Waals surface area contributed by atoms with E-state index in [9.17, 15) is 4.79 Å². The summed E-state index contributed by atoms with van der Waals surface area (Å²) < 4.78 is 16.2. The Hall–Kier alpha value is -2.73. The van der Waals surface area contributed by atoms with Crippen molar-refractivity contribution in [2.45, 2.75) is 19.8 Å². The Morgan fingerprint density at radius 2 is 1.82 bits per heavy atom. The van der Waals surface area contributed by atoms with Crippen LogP contribution in [0.15, 0.2) is 42.5 Å². The zero-order valence-electron chi connectivity index (χ0n) is 16.6. The standard InChI is InChI=1S/C22H28N2O4/c1-17-16-18(24-11-14-27-15-12-24)5-10-21(17)23-22(25)4-3-13-28-20-8-6-19(26-2)7-9-20/h5-10,16H,3-4,11-15H2,1-2H3,(H,23,25). The van der Waals surface area contributed by atoms with Gasteiger partial charge in [0.25, 0.3) is 0 Å². The number of morpholine rings is 1. The molecule has 0 unspecified atom stereocenters. The van der Waals surface area contributed by atoms with Gasteiger partial charge in [-0.1, -0.05) is 0 Å². The van der Waals surface area contributed by atoms with Gasteiger partial charge < -0.3 is 24.4 Å². The number of aryl methyl sites for hydroxylation is 1. The van der Waals surface area contributed by atoms with Crippen molar-refractivity contribution in [1.29, 1.82) is 0 Å². The Labute approximate surface area is 166 Å². The van der Waals surface area contributed by atoms with E-state index in [0.717, 1.165) is 49.1 Å². The molecule has 28 heavy (non-hydrogen) atoms. The number of anilines is 2. The van der Waals surface area contributed by atoms with Crippen molar-refractivity contribution in [1.82, 2.24) is 0 Å². The molecule has 0 spiro atoms. The summed E-state index contributed by atoms with van der Waals surface area (Å²) in [6.07, 6.45) is 1.07. The molecule has 1 saturated heterocycles. The number of nitrogens with zero attached hydrogens (tertiary/aromatic N) is 1. The Morgan fingerprint density at radius 3 is 2.50 bits per heavy atom. The smallest absolute Gasteiger partial charge is 0.224 e. The van der Waals surface area contributed by atoms with Crippen LogP contribution in [0.25, 0.3) is 0 Å². The van der Waals surface area contributed by atoms with Crippen LogP contribution in [0.5, 0.6) is 11.5 Å². The fourth-order valence-corrected chi connectivity index (χ4v) is 3.11. The minimum Gasteiger partial charge on any atom is -0.497 e. The first-order chi connectivity index (χ1) is 13.7. The molecule has 2 aromatic rings. The van der Waals surface area contributed by atoms with Gasteiger partial charge in [0, 0.05) is 30.9 Å². The highest BCUT2D eigenvalue weighted by Crippen LogP contribution is 2.24. The van der Waals surface area contributed by atoms with Crippen LogP contribution in [0.1, 0.15) is 18.4 Å². The summed E-state index contributed by atoms with van der Waals surface area (Å²) in [6, 6.07) is 13.6. The van der Waals surface area contributed by atoms with Gasteiger partial charge in [-0.15, -0.1) is 0 Å². The second kappa shape index (κ2) is 9.99. The fraction of sp³-hybridized carbons (Fsp3) is 0.409. The Balaban J connectivity index is 1.42. The lowest BCUT2D eigenvalue weighted by atomic mass is 10.1. The van der Waals surface area contributed by atoms with E-state index in [1.807, 2.05) is 37.3 Å². The second-order valence-corrected chi connectivity index (χ2v) is 6.77. The molecule has 150 valence electrons. The Kier molecular flexibility index (Phi) is 7.14. The van der Waals surface area contributed by atoms with E-state index in [1.54, 1.807) is 7.11 Å². The third-order valence-corrected chi connectivity index (χ3v) is 4.74. The molecular formula is C22H28N2O4. The zero-order chi connectivity index (χ0) is 19.8. The molecule has 1 aliphatic rings. The number of rotatable bonds is 8. The highest BCUT2D eigenvalue weighted by atomic mass is 16.5. The van der Waals surface area contributed by atoms with Gasteiger partial charge in [-0.25, -0.2) is 0 Å². The Bertz CT molecular complexity index is 771. The summed E-state index contributed by atoms with van der Waals surface area (Å²) in [6.45, 7) is 5.84. The maximum atomic E-state index is 12.2. The van der Waals surface area contributed by atoms with Gasteiger partial charge in [-0.3, -0.25) is 4.79 Å². The van der Waals surface area contributed by atoms with E-state index in [-0.39, 0.29) is 5.91 Å². The van der Waals surface area contributed by atoms with Crippen molar-refractivity contribution in [3.63, 3.8) is 0 Å². The van der Waals surface area contributed by atoms with Crippen molar-refractivity contribution < 1.29 is 19.0 Å². The van der Waals surface area contributed by atoms with Crippen LogP contribution in [0.3, 0.4) is 0 Å². The molecule has 1 amide bonds. The number of carbonyl (C=O) groups is 1. The summed E-state index contributed by atoms with van der Waals surface area (Å²) in [4.78, 5) is 14.5. The molecule has 6 nitrogen and oxygen atoms in total. The largest absolute Gasteiger partial charge is 0.497 e. The molecular weight excluding hydrogens is 356 g/mol. The molecule has 1 fully saturated rings. The first kappa shape index (κ1) is 20.0. The number of carbonyl (C=O) groups excluding carboxylic acids is 1. The molecule has 2 aromatic carbocycles. The number of amides is 1. The molecule has 0 aliphatic carbocycles. The van der Waals surface area contributed by atoms with Crippen LogP contribution in [-0.2, 0) is 9.53 Å². The Morgan fingerprint density at radius 1 is 1.11 bits per heavy atom. The molecule has 0 aromatic heterocycles. The van der Waals surface area contributed by atoms with E-state index in [4.69, 9.17) is 14.2 Å². The molecule has 1 N–H and O–H groups in total. The van der Waals surface area contributed by atoms with E-state index < -0.39 is 0 Å². The topological polar surface area (TPSA) is 60.0 Å². The third kappa shape index (κ3) is 5.63. The van der Waals surface area contributed by atoms with Crippen molar-refractivity contribution in [3.8, 4) is 11.5 Å². The summed E-state index contributed by atoms with van der Waals surface area (Å²) in [5, 5.41) is 3.00. The summed E-state index contributed by atoms with van der Waals surface area (Å²) >= 11 is 0. The van der Waals surface area contributed by atoms with Crippen LogP contribution in [0, 0.1) is 6.92 Å². The SMILES string of the molecule is COc1ccc(OCCCC(=O)Nc2ccc(N3CCOCC3)cc2C)cc1. The molecule has 6 heteroatoms. The number of hydrogen-bond acceptors (Lipinski definition) is 5. The predicted molar refractivity (Wildman–Crippen MR) is 111 cm³/mol. The molecule has 1 heterocycles. The monoisotopic (exact) mass is 384 g/mol. The van der Waals surface area contributed by atoms with E-state index >= 15 is 0 Å². The molecule has 1 aliphatic heterocycles. The molecule has 0 bridgehead atoms. The number of hydrogen-bond donors (Lipinski definition) is 1. The summed E-state index contributed by atoms with van der Waals surface area (Å²) in [5.74, 6) is 1.57. The molecule has 3 rings (SSSR count). The number of benzene rings is 2. The average Bonchev–Trinajstić information content (AvgIpc) is 2.74. The molecule has 0 saturated carbocycles. The first-order valence-corrected chi connectivity index (χ1v) is 9.66. The van der Waals surface area contributed by atoms with Crippen molar-refractivity contribution in [3.05, 3.63) is 48.0 Å². The predicted octanol–water partition coefficient (Wildman–Crippen LogP) is 3.64. The minimum atomic E-state index is 0.000512. The average molecular weight is 384 g/mol. The maximum Gasteiger partial charge on any atom is 0.224 e. The van der Waals surface area contributed by atoms with Gasteiger partial charge in [0.05, 0.1) is 26.9 Å². The van der Waals surface area contributed by atoms with Gasteiger partial charge >= 0.3 is 0 Å². The summed E-state index contributed by atoms with van der Waals surface area (Å²) in [7, 11) is 1.63. The van der Waals surface area contributed by atoms with Gasteiger partial charge in [0.2, 0.25) is 5.91 Å². The fourth-order valence-electron chi connectivity index (χ4n) is 3.11. The second-order valence-electron chi connectivity index (χ2n) is 6.77. The van der Waals surface area contributed by atoms with Crippen LogP contribution in [0.2, 0.25) is 0 Å². The van der Waals surface area contributed by atoms with E-state index in [0.29, 0.717) is 19.4 Å². The van der Waals surface area contributed by atoms with Crippen LogP contribution in [0.4, 0.5) is 11.4 Å². The lowest BCUT2D eigenvalue weighted by molar-refractivity contribution is -0.116. The molecule has 0 atom stereocenters. The maximum absolute atomic E-state index is 12.2. The number of nitrogens with one attached hydrogen (secondary N) is 1. The lowest BCUT2D eigenvalue weighted by Gasteiger charge is -2.29. The molecule has 0 radical (unpaired) electrons. The minimum absolute atomic E-state index is 0.000512. The van der Waals surface area contributed by atoms with Crippen molar-refractivity contribution >= 4 is 17.3 Å². The van der Waals surface area contributed by atoms with Crippen molar-refractivity contribution in [2.24, 2.45) is 0 Å². The quantitative estimate of drug-likeness (QED) is 0.704. The number of ether oxygens (including phenoxy) is 3.